The molecule has 1 unspecified atom stereocenters. The summed E-state index contributed by atoms with van der Waals surface area (Å²) >= 11 is 0. The number of hydrogen-bond acceptors (Lipinski definition) is 4. The zero-order valence-electron chi connectivity index (χ0n) is 13.2. The van der Waals surface area contributed by atoms with Crippen molar-refractivity contribution in [2.24, 2.45) is 28.6 Å². The Morgan fingerprint density at radius 2 is 1.95 bits per heavy atom. The lowest BCUT2D eigenvalue weighted by Crippen LogP contribution is -2.46. The summed E-state index contributed by atoms with van der Waals surface area (Å²) in [6, 6.07) is -0.187. The van der Waals surface area contributed by atoms with E-state index in [-0.39, 0.29) is 29.7 Å². The van der Waals surface area contributed by atoms with Gasteiger partial charge >= 0.3 is 0 Å². The second kappa shape index (κ2) is 8.64. The number of rotatable bonds is 7. The lowest BCUT2D eigenvalue weighted by atomic mass is 9.78. The molecular weight excluding hydrogens is 270 g/mol. The van der Waals surface area contributed by atoms with E-state index in [1.807, 2.05) is 0 Å². The fourth-order valence-electron chi connectivity index (χ4n) is 2.87. The molecule has 0 aromatic carbocycles. The second-order valence-corrected chi connectivity index (χ2v) is 6.08. The highest BCUT2D eigenvalue weighted by atomic mass is 16.6. The molecule has 0 bridgehead atoms. The highest BCUT2D eigenvalue weighted by molar-refractivity contribution is 5.88. The maximum atomic E-state index is 12.4. The zero-order valence-corrected chi connectivity index (χ0v) is 13.2. The van der Waals surface area contributed by atoms with Gasteiger partial charge in [-0.25, -0.2) is 0 Å². The lowest BCUT2D eigenvalue weighted by molar-refractivity contribution is -0.135. The monoisotopic (exact) mass is 297 g/mol. The first-order valence-corrected chi connectivity index (χ1v) is 7.62. The van der Waals surface area contributed by atoms with Crippen molar-refractivity contribution < 1.29 is 14.4 Å². The number of oxime groups is 1. The SMILES string of the molecule is CON=CC(CC(C)C)NC(=O)[C@@H]1CCCC[C@@H]1C(N)=O. The molecule has 0 aliphatic heterocycles. The summed E-state index contributed by atoms with van der Waals surface area (Å²) in [6.07, 6.45) is 5.71. The van der Waals surface area contributed by atoms with Gasteiger partial charge in [0, 0.05) is 11.8 Å². The molecule has 1 aliphatic rings. The van der Waals surface area contributed by atoms with Crippen molar-refractivity contribution in [1.29, 1.82) is 0 Å². The van der Waals surface area contributed by atoms with Crippen LogP contribution in [0.1, 0.15) is 46.0 Å². The zero-order chi connectivity index (χ0) is 15.8. The molecule has 2 amide bonds. The summed E-state index contributed by atoms with van der Waals surface area (Å²) < 4.78 is 0. The van der Waals surface area contributed by atoms with Gasteiger partial charge < -0.3 is 15.9 Å². The molecule has 6 heteroatoms. The molecule has 1 rings (SSSR count). The van der Waals surface area contributed by atoms with Gasteiger partial charge in [0.2, 0.25) is 11.8 Å². The van der Waals surface area contributed by atoms with Gasteiger partial charge in [-0.3, -0.25) is 9.59 Å². The van der Waals surface area contributed by atoms with Crippen LogP contribution in [-0.4, -0.2) is 31.2 Å². The van der Waals surface area contributed by atoms with Crippen LogP contribution in [0.15, 0.2) is 5.16 Å². The van der Waals surface area contributed by atoms with Gasteiger partial charge in [-0.05, 0) is 25.2 Å². The molecule has 0 saturated heterocycles. The van der Waals surface area contributed by atoms with Crippen LogP contribution < -0.4 is 11.1 Å². The Balaban J connectivity index is 2.69. The van der Waals surface area contributed by atoms with Crippen molar-refractivity contribution in [1.82, 2.24) is 5.32 Å². The third kappa shape index (κ3) is 5.73. The van der Waals surface area contributed by atoms with Crippen LogP contribution in [0.4, 0.5) is 0 Å². The minimum Gasteiger partial charge on any atom is -0.399 e. The van der Waals surface area contributed by atoms with Crippen molar-refractivity contribution in [2.45, 2.75) is 52.0 Å². The standard InChI is InChI=1S/C15H27N3O3/c1-10(2)8-11(9-17-21-3)18-15(20)13-7-5-4-6-12(13)14(16)19/h9-13H,4-8H2,1-3H3,(H2,16,19)(H,18,20)/t11?,12-,13+/m0/s1. The van der Waals surface area contributed by atoms with Crippen LogP contribution in [-0.2, 0) is 14.4 Å². The molecule has 1 fully saturated rings. The predicted molar refractivity (Wildman–Crippen MR) is 81.5 cm³/mol. The van der Waals surface area contributed by atoms with Crippen molar-refractivity contribution in [3.63, 3.8) is 0 Å². The average Bonchev–Trinajstić information content (AvgIpc) is 2.44. The number of carbonyl (C=O) groups excluding carboxylic acids is 2. The van der Waals surface area contributed by atoms with Crippen LogP contribution in [0.25, 0.3) is 0 Å². The van der Waals surface area contributed by atoms with Crippen LogP contribution in [0.2, 0.25) is 0 Å². The first kappa shape index (κ1) is 17.5. The van der Waals surface area contributed by atoms with Gasteiger partial charge in [-0.15, -0.1) is 0 Å². The highest BCUT2D eigenvalue weighted by Crippen LogP contribution is 2.30. The minimum atomic E-state index is -0.374. The average molecular weight is 297 g/mol. The summed E-state index contributed by atoms with van der Waals surface area (Å²) in [5.41, 5.74) is 5.42. The Morgan fingerprint density at radius 1 is 1.33 bits per heavy atom. The molecule has 21 heavy (non-hydrogen) atoms. The number of nitrogens with zero attached hydrogens (tertiary/aromatic N) is 1. The Bertz CT molecular complexity index is 382. The number of nitrogens with two attached hydrogens (primary N) is 1. The number of carbonyl (C=O) groups is 2. The fraction of sp³-hybridized carbons (Fsp3) is 0.800. The molecule has 0 aromatic rings. The molecule has 120 valence electrons. The van der Waals surface area contributed by atoms with E-state index in [4.69, 9.17) is 5.73 Å². The van der Waals surface area contributed by atoms with E-state index in [1.165, 1.54) is 7.11 Å². The van der Waals surface area contributed by atoms with Crippen molar-refractivity contribution in [2.75, 3.05) is 7.11 Å². The van der Waals surface area contributed by atoms with Gasteiger partial charge in [0.25, 0.3) is 0 Å². The van der Waals surface area contributed by atoms with Gasteiger partial charge in [0.05, 0.1) is 12.3 Å². The lowest BCUT2D eigenvalue weighted by Gasteiger charge is -2.29. The molecular formula is C15H27N3O3. The van der Waals surface area contributed by atoms with Crippen LogP contribution in [0.3, 0.4) is 0 Å². The van der Waals surface area contributed by atoms with Gasteiger partial charge in [0.1, 0.15) is 7.11 Å². The molecule has 1 saturated carbocycles. The van der Waals surface area contributed by atoms with E-state index < -0.39 is 0 Å². The Hall–Kier alpha value is -1.59. The van der Waals surface area contributed by atoms with Gasteiger partial charge in [-0.1, -0.05) is 31.8 Å². The van der Waals surface area contributed by atoms with E-state index in [2.05, 4.69) is 29.2 Å². The van der Waals surface area contributed by atoms with Crippen molar-refractivity contribution in [3.05, 3.63) is 0 Å². The van der Waals surface area contributed by atoms with Gasteiger partial charge in [0.15, 0.2) is 0 Å². The summed E-state index contributed by atoms with van der Waals surface area (Å²) in [6.45, 7) is 4.15. The molecule has 3 atom stereocenters. The second-order valence-electron chi connectivity index (χ2n) is 6.08. The van der Waals surface area contributed by atoms with Crippen LogP contribution in [0.5, 0.6) is 0 Å². The Labute approximate surface area is 126 Å². The Kier molecular flexibility index (Phi) is 7.19. The smallest absolute Gasteiger partial charge is 0.224 e. The van der Waals surface area contributed by atoms with Crippen LogP contribution >= 0.6 is 0 Å². The molecule has 0 aromatic heterocycles. The first-order valence-electron chi connectivity index (χ1n) is 7.62. The number of hydrogen-bond donors (Lipinski definition) is 2. The minimum absolute atomic E-state index is 0.105. The van der Waals surface area contributed by atoms with Crippen molar-refractivity contribution >= 4 is 18.0 Å². The molecule has 1 aliphatic carbocycles. The largest absolute Gasteiger partial charge is 0.399 e. The number of amides is 2. The maximum Gasteiger partial charge on any atom is 0.224 e. The number of primary amides is 1. The van der Waals surface area contributed by atoms with Crippen molar-refractivity contribution in [3.8, 4) is 0 Å². The summed E-state index contributed by atoms with van der Waals surface area (Å²) in [4.78, 5) is 28.6. The summed E-state index contributed by atoms with van der Waals surface area (Å²) in [5, 5.41) is 6.71. The molecule has 6 nitrogen and oxygen atoms in total. The molecule has 3 N–H and O–H groups in total. The highest BCUT2D eigenvalue weighted by Gasteiger charge is 2.35. The Morgan fingerprint density at radius 3 is 2.48 bits per heavy atom. The summed E-state index contributed by atoms with van der Waals surface area (Å²) in [7, 11) is 1.47. The first-order chi connectivity index (χ1) is 9.95. The fourth-order valence-corrected chi connectivity index (χ4v) is 2.87. The molecule has 0 heterocycles. The quantitative estimate of drug-likeness (QED) is 0.550. The van der Waals surface area contributed by atoms with E-state index in [0.717, 1.165) is 25.7 Å². The normalized spacial score (nSPS) is 24.0. The topological polar surface area (TPSA) is 93.8 Å². The van der Waals surface area contributed by atoms with E-state index >= 15 is 0 Å². The van der Waals surface area contributed by atoms with E-state index in [9.17, 15) is 9.59 Å². The third-order valence-corrected chi connectivity index (χ3v) is 3.87. The number of nitrogens with one attached hydrogen (secondary N) is 1. The van der Waals surface area contributed by atoms with Gasteiger partial charge in [-0.2, -0.15) is 0 Å². The van der Waals surface area contributed by atoms with E-state index in [0.29, 0.717) is 12.3 Å². The maximum absolute atomic E-state index is 12.4. The third-order valence-electron chi connectivity index (χ3n) is 3.87. The predicted octanol–water partition coefficient (Wildman–Crippen LogP) is 1.44. The summed E-state index contributed by atoms with van der Waals surface area (Å²) in [5.74, 6) is -0.732. The molecule has 0 spiro atoms. The van der Waals surface area contributed by atoms with Crippen LogP contribution in [0, 0.1) is 17.8 Å². The van der Waals surface area contributed by atoms with E-state index in [1.54, 1.807) is 6.21 Å². The molecule has 0 radical (unpaired) electrons.